The smallest absolute Gasteiger partial charge is 0.408 e. The molecule has 14 heavy (non-hydrogen) atoms. The molecule has 1 amide bonds. The van der Waals surface area contributed by atoms with E-state index in [-0.39, 0.29) is 6.10 Å². The van der Waals surface area contributed by atoms with E-state index in [0.717, 1.165) is 12.8 Å². The lowest BCUT2D eigenvalue weighted by molar-refractivity contribution is -0.143. The van der Waals surface area contributed by atoms with Crippen molar-refractivity contribution in [1.82, 2.24) is 5.32 Å². The Morgan fingerprint density at radius 2 is 2.14 bits per heavy atom. The van der Waals surface area contributed by atoms with Crippen molar-refractivity contribution in [3.05, 3.63) is 0 Å². The molecule has 0 heterocycles. The number of nitrogens with one attached hydrogen (secondary N) is 1. The monoisotopic (exact) mass is 201 g/mol. The molecular weight excluding hydrogens is 186 g/mol. The van der Waals surface area contributed by atoms with Gasteiger partial charge < -0.3 is 14.8 Å². The molecule has 0 radical (unpaired) electrons. The fraction of sp³-hybridized carbons (Fsp3) is 0.778. The fourth-order valence-corrected chi connectivity index (χ4v) is 0.983. The van der Waals surface area contributed by atoms with Crippen LogP contribution in [0, 0.1) is 0 Å². The summed E-state index contributed by atoms with van der Waals surface area (Å²) in [5, 5.41) is 2.45. The maximum atomic E-state index is 11.1. The van der Waals surface area contributed by atoms with Gasteiger partial charge in [-0.05, 0) is 19.3 Å². The summed E-state index contributed by atoms with van der Waals surface area (Å²) in [5.41, 5.74) is 0. The zero-order valence-corrected chi connectivity index (χ0v) is 8.41. The summed E-state index contributed by atoms with van der Waals surface area (Å²) in [5.74, 6) is -0.444. The molecule has 0 aromatic rings. The molecule has 1 aliphatic rings. The Hall–Kier alpha value is -1.26. The van der Waals surface area contributed by atoms with E-state index >= 15 is 0 Å². The van der Waals surface area contributed by atoms with Gasteiger partial charge in [-0.25, -0.2) is 9.59 Å². The largest absolute Gasteiger partial charge is 0.467 e. The lowest BCUT2D eigenvalue weighted by atomic mass is 10.2. The van der Waals surface area contributed by atoms with Gasteiger partial charge in [0, 0.05) is 0 Å². The predicted octanol–water partition coefficient (Wildman–Crippen LogP) is 0.827. The molecule has 0 aromatic carbocycles. The number of esters is 1. The topological polar surface area (TPSA) is 64.6 Å². The summed E-state index contributed by atoms with van der Waals surface area (Å²) in [4.78, 5) is 22.2. The number of rotatable bonds is 4. The van der Waals surface area contributed by atoms with E-state index in [1.54, 1.807) is 6.92 Å². The average Bonchev–Trinajstić information content (AvgIpc) is 2.96. The second-order valence-corrected chi connectivity index (χ2v) is 3.23. The summed E-state index contributed by atoms with van der Waals surface area (Å²) in [6.45, 7) is 1.79. The molecule has 1 N–H and O–H groups in total. The van der Waals surface area contributed by atoms with Gasteiger partial charge in [0.2, 0.25) is 0 Å². The minimum Gasteiger partial charge on any atom is -0.467 e. The Bertz CT molecular complexity index is 225. The molecule has 5 nitrogen and oxygen atoms in total. The van der Waals surface area contributed by atoms with Gasteiger partial charge in [-0.3, -0.25) is 0 Å². The Morgan fingerprint density at radius 1 is 1.50 bits per heavy atom. The number of alkyl carbamates (subject to hydrolysis) is 1. The third-order valence-corrected chi connectivity index (χ3v) is 1.98. The van der Waals surface area contributed by atoms with Crippen LogP contribution in [0.5, 0.6) is 0 Å². The highest BCUT2D eigenvalue weighted by atomic mass is 16.6. The molecule has 0 spiro atoms. The van der Waals surface area contributed by atoms with E-state index in [9.17, 15) is 9.59 Å². The van der Waals surface area contributed by atoms with E-state index in [4.69, 9.17) is 4.74 Å². The summed E-state index contributed by atoms with van der Waals surface area (Å²) < 4.78 is 9.45. The number of carbonyl (C=O) groups excluding carboxylic acids is 2. The van der Waals surface area contributed by atoms with Gasteiger partial charge in [0.25, 0.3) is 0 Å². The minimum absolute atomic E-state index is 0.0464. The van der Waals surface area contributed by atoms with Crippen molar-refractivity contribution >= 4 is 12.1 Å². The van der Waals surface area contributed by atoms with Gasteiger partial charge in [-0.1, -0.05) is 6.92 Å². The standard InChI is InChI=1S/C9H15NO4/c1-3-7(8(11)13-2)10-9(12)14-6-4-5-6/h6-7H,3-5H2,1-2H3,(H,10,12). The van der Waals surface area contributed by atoms with Gasteiger partial charge in [-0.2, -0.15) is 0 Å². The first-order chi connectivity index (χ1) is 6.67. The molecule has 1 unspecified atom stereocenters. The zero-order chi connectivity index (χ0) is 10.6. The first-order valence-electron chi connectivity index (χ1n) is 4.72. The molecule has 0 aliphatic heterocycles. The normalized spacial score (nSPS) is 17.0. The SMILES string of the molecule is CCC(NC(=O)OC1CC1)C(=O)OC. The summed E-state index contributed by atoms with van der Waals surface area (Å²) in [7, 11) is 1.29. The number of ether oxygens (including phenoxy) is 2. The van der Waals surface area contributed by atoms with Crippen molar-refractivity contribution in [3.63, 3.8) is 0 Å². The maximum absolute atomic E-state index is 11.1. The number of carbonyl (C=O) groups is 2. The molecule has 0 bridgehead atoms. The molecule has 1 rings (SSSR count). The van der Waals surface area contributed by atoms with Crippen LogP contribution in [0.3, 0.4) is 0 Å². The number of hydrogen-bond acceptors (Lipinski definition) is 4. The lowest BCUT2D eigenvalue weighted by Crippen LogP contribution is -2.41. The van der Waals surface area contributed by atoms with E-state index in [0.29, 0.717) is 6.42 Å². The van der Waals surface area contributed by atoms with Crippen molar-refractivity contribution < 1.29 is 19.1 Å². The first kappa shape index (κ1) is 10.8. The van der Waals surface area contributed by atoms with E-state index in [1.807, 2.05) is 0 Å². The average molecular weight is 201 g/mol. The molecular formula is C9H15NO4. The van der Waals surface area contributed by atoms with Crippen LogP contribution >= 0.6 is 0 Å². The van der Waals surface area contributed by atoms with E-state index in [1.165, 1.54) is 7.11 Å². The predicted molar refractivity (Wildman–Crippen MR) is 48.7 cm³/mol. The van der Waals surface area contributed by atoms with E-state index < -0.39 is 18.1 Å². The van der Waals surface area contributed by atoms with Crippen LogP contribution in [0.15, 0.2) is 0 Å². The van der Waals surface area contributed by atoms with Gasteiger partial charge in [0.15, 0.2) is 0 Å². The lowest BCUT2D eigenvalue weighted by Gasteiger charge is -2.13. The minimum atomic E-state index is -0.605. The highest BCUT2D eigenvalue weighted by Gasteiger charge is 2.28. The van der Waals surface area contributed by atoms with Crippen LogP contribution in [0.4, 0.5) is 4.79 Å². The molecule has 0 aromatic heterocycles. The van der Waals surface area contributed by atoms with E-state index in [2.05, 4.69) is 10.1 Å². The maximum Gasteiger partial charge on any atom is 0.408 e. The number of methoxy groups -OCH3 is 1. The summed E-state index contributed by atoms with van der Waals surface area (Å²) in [6.07, 6.45) is 1.84. The fourth-order valence-electron chi connectivity index (χ4n) is 0.983. The van der Waals surface area contributed by atoms with Crippen molar-refractivity contribution in [2.45, 2.75) is 38.3 Å². The van der Waals surface area contributed by atoms with Crippen molar-refractivity contribution in [2.24, 2.45) is 0 Å². The van der Waals surface area contributed by atoms with Crippen LogP contribution in [-0.4, -0.2) is 31.3 Å². The molecule has 1 saturated carbocycles. The third kappa shape index (κ3) is 3.24. The zero-order valence-electron chi connectivity index (χ0n) is 8.41. The number of hydrogen-bond donors (Lipinski definition) is 1. The third-order valence-electron chi connectivity index (χ3n) is 1.98. The van der Waals surface area contributed by atoms with Crippen LogP contribution in [0.25, 0.3) is 0 Å². The second kappa shape index (κ2) is 4.83. The summed E-state index contributed by atoms with van der Waals surface area (Å²) >= 11 is 0. The molecule has 1 aliphatic carbocycles. The van der Waals surface area contributed by atoms with Gasteiger partial charge >= 0.3 is 12.1 Å². The Morgan fingerprint density at radius 3 is 2.57 bits per heavy atom. The van der Waals surface area contributed by atoms with Crippen LogP contribution in [0.1, 0.15) is 26.2 Å². The van der Waals surface area contributed by atoms with Crippen LogP contribution in [-0.2, 0) is 14.3 Å². The highest BCUT2D eigenvalue weighted by molar-refractivity contribution is 5.81. The van der Waals surface area contributed by atoms with Crippen molar-refractivity contribution in [1.29, 1.82) is 0 Å². The Balaban J connectivity index is 2.30. The molecule has 80 valence electrons. The molecule has 0 saturated heterocycles. The molecule has 1 atom stereocenters. The van der Waals surface area contributed by atoms with Crippen molar-refractivity contribution in [3.8, 4) is 0 Å². The van der Waals surface area contributed by atoms with Crippen LogP contribution in [0.2, 0.25) is 0 Å². The molecule has 1 fully saturated rings. The first-order valence-corrected chi connectivity index (χ1v) is 4.72. The van der Waals surface area contributed by atoms with Crippen molar-refractivity contribution in [2.75, 3.05) is 7.11 Å². The molecule has 5 heteroatoms. The summed E-state index contributed by atoms with van der Waals surface area (Å²) in [6, 6.07) is -0.605. The van der Waals surface area contributed by atoms with Crippen LogP contribution < -0.4 is 5.32 Å². The number of amides is 1. The quantitative estimate of drug-likeness (QED) is 0.684. The van der Waals surface area contributed by atoms with Gasteiger partial charge in [0.05, 0.1) is 7.11 Å². The highest BCUT2D eigenvalue weighted by Crippen LogP contribution is 2.23. The Labute approximate surface area is 82.8 Å². The van der Waals surface area contributed by atoms with Gasteiger partial charge in [-0.15, -0.1) is 0 Å². The second-order valence-electron chi connectivity index (χ2n) is 3.23. The van der Waals surface area contributed by atoms with Gasteiger partial charge in [0.1, 0.15) is 12.1 Å². The Kier molecular flexibility index (Phi) is 3.73.